The van der Waals surface area contributed by atoms with Gasteiger partial charge in [-0.1, -0.05) is 0 Å². The molecule has 0 nitrogen and oxygen atoms in total. The molecule has 2 aliphatic carbocycles. The molecule has 1 heterocycles. The maximum Gasteiger partial charge on any atom is -1.00 e. The first-order valence-electron chi connectivity index (χ1n) is 16.6. The van der Waals surface area contributed by atoms with E-state index in [1.807, 2.05) is 11.3 Å². The van der Waals surface area contributed by atoms with Crippen LogP contribution in [0.1, 0.15) is 86.7 Å². The number of hydrogen-bond acceptors (Lipinski definition) is 1. The molecule has 244 valence electrons. The van der Waals surface area contributed by atoms with E-state index >= 15 is 0 Å². The summed E-state index contributed by atoms with van der Waals surface area (Å²) in [6.45, 7) is 16.6. The van der Waals surface area contributed by atoms with Crippen molar-refractivity contribution in [1.82, 2.24) is 0 Å². The van der Waals surface area contributed by atoms with Crippen LogP contribution in [0.15, 0.2) is 124 Å². The van der Waals surface area contributed by atoms with Gasteiger partial charge in [0, 0.05) is 0 Å². The average Bonchev–Trinajstić information content (AvgIpc) is 3.78. The van der Waals surface area contributed by atoms with Crippen LogP contribution in [0.3, 0.4) is 0 Å². The maximum atomic E-state index is 2.66. The molecule has 1 atom stereocenters. The van der Waals surface area contributed by atoms with Crippen LogP contribution in [0.5, 0.6) is 0 Å². The van der Waals surface area contributed by atoms with E-state index in [0.717, 1.165) is 6.42 Å². The molecular formula is C44H44Cl2SZr. The van der Waals surface area contributed by atoms with Crippen LogP contribution in [-0.2, 0) is 38.5 Å². The summed E-state index contributed by atoms with van der Waals surface area (Å²) in [6, 6.07) is 39.6. The Kier molecular flexibility index (Phi) is 10.9. The molecule has 0 saturated heterocycles. The van der Waals surface area contributed by atoms with Crippen molar-refractivity contribution in [3.63, 3.8) is 0 Å². The Morgan fingerprint density at radius 3 is 1.85 bits per heavy atom. The summed E-state index contributed by atoms with van der Waals surface area (Å²) < 4.78 is 4.91. The largest absolute Gasteiger partial charge is 1.00 e. The molecule has 0 amide bonds. The Morgan fingerprint density at radius 2 is 1.29 bits per heavy atom. The second kappa shape index (κ2) is 14.3. The summed E-state index contributed by atoms with van der Waals surface area (Å²) in [5.41, 5.74) is 13.1. The van der Waals surface area contributed by atoms with Gasteiger partial charge in [0.2, 0.25) is 0 Å². The van der Waals surface area contributed by atoms with Crippen LogP contribution in [0.4, 0.5) is 0 Å². The molecule has 1 unspecified atom stereocenters. The summed E-state index contributed by atoms with van der Waals surface area (Å²) in [4.78, 5) is 1.38. The first kappa shape index (κ1) is 36.7. The van der Waals surface area contributed by atoms with E-state index in [1.54, 1.807) is 15.3 Å². The molecule has 5 aromatic rings. The van der Waals surface area contributed by atoms with Gasteiger partial charge in [-0.05, 0) is 0 Å². The van der Waals surface area contributed by atoms with Gasteiger partial charge in [-0.25, -0.2) is 0 Å². The smallest absolute Gasteiger partial charge is 1.00 e. The van der Waals surface area contributed by atoms with Crippen molar-refractivity contribution in [2.45, 2.75) is 65.7 Å². The predicted molar refractivity (Wildman–Crippen MR) is 197 cm³/mol. The summed E-state index contributed by atoms with van der Waals surface area (Å²) in [5, 5.41) is 2.21. The van der Waals surface area contributed by atoms with Gasteiger partial charge in [0.15, 0.2) is 0 Å². The van der Waals surface area contributed by atoms with E-state index in [9.17, 15) is 0 Å². The van der Waals surface area contributed by atoms with Crippen molar-refractivity contribution in [1.29, 1.82) is 0 Å². The molecule has 48 heavy (non-hydrogen) atoms. The van der Waals surface area contributed by atoms with Gasteiger partial charge in [-0.3, -0.25) is 0 Å². The third-order valence-corrected chi connectivity index (χ3v) is 18.6. The minimum atomic E-state index is -2.88. The van der Waals surface area contributed by atoms with Crippen molar-refractivity contribution >= 4 is 23.4 Å². The van der Waals surface area contributed by atoms with Crippen LogP contribution < -0.4 is 28.1 Å². The van der Waals surface area contributed by atoms with Gasteiger partial charge < -0.3 is 24.8 Å². The summed E-state index contributed by atoms with van der Waals surface area (Å²) in [7, 11) is 0. The molecular weight excluding hydrogens is 723 g/mol. The van der Waals surface area contributed by atoms with Gasteiger partial charge in [-0.15, -0.1) is 0 Å². The van der Waals surface area contributed by atoms with E-state index in [0.29, 0.717) is 5.92 Å². The summed E-state index contributed by atoms with van der Waals surface area (Å²) >= 11 is -1.02. The Hall–Kier alpha value is -2.61. The van der Waals surface area contributed by atoms with Crippen LogP contribution in [0.25, 0.3) is 16.7 Å². The molecule has 0 saturated carbocycles. The van der Waals surface area contributed by atoms with E-state index in [4.69, 9.17) is 0 Å². The van der Waals surface area contributed by atoms with E-state index in [2.05, 4.69) is 169 Å². The molecule has 7 rings (SSSR count). The quantitative estimate of drug-likeness (QED) is 0.231. The van der Waals surface area contributed by atoms with Gasteiger partial charge in [0.25, 0.3) is 0 Å². The topological polar surface area (TPSA) is 0 Å². The maximum absolute atomic E-state index is 2.88. The van der Waals surface area contributed by atoms with Crippen molar-refractivity contribution in [2.24, 2.45) is 5.92 Å². The third kappa shape index (κ3) is 7.02. The van der Waals surface area contributed by atoms with Crippen molar-refractivity contribution < 1.29 is 46.1 Å². The Morgan fingerprint density at radius 1 is 0.688 bits per heavy atom. The number of allylic oxidation sites excluding steroid dienone is 4. The SMILES string of the molecule is CC1C=C(c2cccs2)C=[C]1[Zr+2](=[C](c1ccccc1)c1ccccc1)[c]1cc(C(C)(C)C)cc2c1Cc1ccc(C(C)(C)C)cc1-2.[Cl-].[Cl-]. The number of rotatable bonds is 5. The standard InChI is InChI=1S/C21H25.C13H10.C10H9S.2ClH.Zr/c1-20(2,3)16-9-7-14-11-15-8-10-17(21(4,5)6)13-19(15)18(14)12-16;1-3-7-12(8-4-1)11-13-9-5-2-6-10-13;1-8-4-5-9(7-8)10-3-2-6-11-10;;;/h7,9-10,12-13H,11H2,1-6H3;1-10H;2-3,5-8H,1H3;2*1H;/q;;;;;+2/p-2. The second-order valence-electron chi connectivity index (χ2n) is 15.1. The minimum Gasteiger partial charge on any atom is -1.00 e. The summed E-state index contributed by atoms with van der Waals surface area (Å²) in [5.74, 6) is 0.402. The molecule has 1 aromatic heterocycles. The molecule has 4 aromatic carbocycles. The molecule has 0 fully saturated rings. The second-order valence-corrected chi connectivity index (χ2v) is 21.8. The van der Waals surface area contributed by atoms with Crippen LogP contribution >= 0.6 is 11.3 Å². The first-order valence-corrected chi connectivity index (χ1v) is 21.2. The molecule has 0 aliphatic heterocycles. The van der Waals surface area contributed by atoms with Crippen molar-refractivity contribution in [2.75, 3.05) is 0 Å². The fourth-order valence-corrected chi connectivity index (χ4v) is 16.3. The van der Waals surface area contributed by atoms with Gasteiger partial charge in [0.1, 0.15) is 0 Å². The molecule has 0 spiro atoms. The minimum absolute atomic E-state index is 0. The first-order chi connectivity index (χ1) is 22.0. The molecule has 4 heteroatoms. The molecule has 0 N–H and O–H groups in total. The Bertz CT molecular complexity index is 1980. The van der Waals surface area contributed by atoms with E-state index in [1.165, 1.54) is 49.4 Å². The number of halogens is 2. The Labute approximate surface area is 312 Å². The predicted octanol–water partition coefficient (Wildman–Crippen LogP) is 5.05. The zero-order valence-corrected chi connectivity index (χ0v) is 33.8. The van der Waals surface area contributed by atoms with Crippen LogP contribution in [0, 0.1) is 5.92 Å². The van der Waals surface area contributed by atoms with Crippen LogP contribution in [0.2, 0.25) is 0 Å². The number of thiophene rings is 1. The zero-order valence-electron chi connectivity index (χ0n) is 29.0. The normalized spacial score (nSPS) is 14.8. The van der Waals surface area contributed by atoms with Crippen molar-refractivity contribution in [3.05, 3.63) is 162 Å². The average molecular weight is 767 g/mol. The van der Waals surface area contributed by atoms with Crippen molar-refractivity contribution in [3.8, 4) is 11.1 Å². The summed E-state index contributed by atoms with van der Waals surface area (Å²) in [6.07, 6.45) is 6.16. The fourth-order valence-electron chi connectivity index (χ4n) is 7.10. The van der Waals surface area contributed by atoms with Gasteiger partial charge in [0.05, 0.1) is 0 Å². The zero-order chi connectivity index (χ0) is 32.2. The van der Waals surface area contributed by atoms with E-state index < -0.39 is 21.3 Å². The Balaban J connectivity index is 0.00000225. The number of fused-ring (bicyclic) bond motifs is 3. The number of benzene rings is 4. The monoisotopic (exact) mass is 764 g/mol. The third-order valence-electron chi connectivity index (χ3n) is 9.72. The number of hydrogen-bond donors (Lipinski definition) is 0. The molecule has 2 aliphatic rings. The molecule has 0 bridgehead atoms. The van der Waals surface area contributed by atoms with Crippen LogP contribution in [-0.4, -0.2) is 3.21 Å². The molecule has 0 radical (unpaired) electrons. The van der Waals surface area contributed by atoms with E-state index in [-0.39, 0.29) is 35.6 Å². The van der Waals surface area contributed by atoms with Gasteiger partial charge in [-0.2, -0.15) is 0 Å². The van der Waals surface area contributed by atoms with Gasteiger partial charge >= 0.3 is 290 Å². The fraction of sp³-hybridized carbons (Fsp3) is 0.250.